The Morgan fingerprint density at radius 2 is 1.77 bits per heavy atom. The van der Waals surface area contributed by atoms with Gasteiger partial charge in [-0.2, -0.15) is 26.9 Å². The Morgan fingerprint density at radius 1 is 1.03 bits per heavy atom. The molecule has 2 aliphatic rings. The van der Waals surface area contributed by atoms with Crippen LogP contribution in [0.3, 0.4) is 0 Å². The van der Waals surface area contributed by atoms with E-state index in [9.17, 15) is 31.5 Å². The fourth-order valence-corrected chi connectivity index (χ4v) is 5.14. The molecule has 0 bridgehead atoms. The van der Waals surface area contributed by atoms with Crippen LogP contribution in [-0.4, -0.2) is 39.1 Å². The van der Waals surface area contributed by atoms with E-state index in [0.717, 1.165) is 49.3 Å². The molecule has 1 N–H and O–H groups in total. The molecule has 1 saturated heterocycles. The second-order valence-corrected chi connectivity index (χ2v) is 9.19. The van der Waals surface area contributed by atoms with Gasteiger partial charge in [-0.25, -0.2) is 4.79 Å². The van der Waals surface area contributed by atoms with Gasteiger partial charge in [0.1, 0.15) is 0 Å². The zero-order valence-corrected chi connectivity index (χ0v) is 18.4. The minimum Gasteiger partial charge on any atom is -0.302 e. The van der Waals surface area contributed by atoms with Crippen molar-refractivity contribution in [3.05, 3.63) is 86.5 Å². The summed E-state index contributed by atoms with van der Waals surface area (Å²) >= 11 is 0. The number of benzene rings is 1. The first-order chi connectivity index (χ1) is 16.6. The van der Waals surface area contributed by atoms with Crippen LogP contribution in [0.1, 0.15) is 24.0 Å². The number of likely N-dealkylation sites (tertiary alicyclic amines) is 1. The number of aromatic nitrogens is 3. The van der Waals surface area contributed by atoms with Crippen LogP contribution in [0.4, 0.5) is 22.0 Å². The molecule has 0 radical (unpaired) electrons. The van der Waals surface area contributed by atoms with Gasteiger partial charge in [0.15, 0.2) is 0 Å². The minimum absolute atomic E-state index is 0.126. The number of pyridine rings is 1. The van der Waals surface area contributed by atoms with Gasteiger partial charge in [-0.3, -0.25) is 14.3 Å². The molecule has 184 valence electrons. The van der Waals surface area contributed by atoms with Crippen LogP contribution in [-0.2, 0) is 18.1 Å². The molecule has 6 nitrogen and oxygen atoms in total. The Hall–Kier alpha value is -3.34. The van der Waals surface area contributed by atoms with Gasteiger partial charge in [0.25, 0.3) is 5.56 Å². The fraction of sp³-hybridized carbons (Fsp3) is 0.375. The third-order valence-corrected chi connectivity index (χ3v) is 6.99. The number of alkyl halides is 3. The summed E-state index contributed by atoms with van der Waals surface area (Å²) in [4.78, 5) is 31.8. The van der Waals surface area contributed by atoms with Gasteiger partial charge >= 0.3 is 11.9 Å². The predicted molar refractivity (Wildman–Crippen MR) is 117 cm³/mol. The summed E-state index contributed by atoms with van der Waals surface area (Å²) < 4.78 is 67.0. The van der Waals surface area contributed by atoms with Gasteiger partial charge in [-0.15, -0.1) is 0 Å². The van der Waals surface area contributed by atoms with E-state index < -0.39 is 34.9 Å². The molecule has 5 rings (SSSR count). The van der Waals surface area contributed by atoms with Crippen LogP contribution in [0.25, 0.3) is 11.1 Å². The second-order valence-electron chi connectivity index (χ2n) is 9.19. The molecular weight excluding hydrogens is 471 g/mol. The first-order valence-electron chi connectivity index (χ1n) is 11.1. The van der Waals surface area contributed by atoms with Crippen LogP contribution in [0.2, 0.25) is 0 Å². The maximum absolute atomic E-state index is 14.0. The average molecular weight is 492 g/mol. The van der Waals surface area contributed by atoms with E-state index in [2.05, 4.69) is 14.9 Å². The molecule has 1 saturated carbocycles. The molecule has 0 spiro atoms. The number of hydrogen-bond acceptors (Lipinski definition) is 4. The topological polar surface area (TPSA) is 71.0 Å². The highest BCUT2D eigenvalue weighted by Crippen LogP contribution is 2.59. The molecule has 35 heavy (non-hydrogen) atoms. The van der Waals surface area contributed by atoms with Crippen molar-refractivity contribution in [2.24, 2.45) is 5.92 Å². The zero-order valence-electron chi connectivity index (χ0n) is 18.4. The maximum Gasteiger partial charge on any atom is 0.416 e. The van der Waals surface area contributed by atoms with E-state index in [-0.39, 0.29) is 23.1 Å². The largest absolute Gasteiger partial charge is 0.416 e. The van der Waals surface area contributed by atoms with Crippen molar-refractivity contribution in [2.45, 2.75) is 31.0 Å². The van der Waals surface area contributed by atoms with Gasteiger partial charge in [0, 0.05) is 36.8 Å². The Balaban J connectivity index is 1.24. The van der Waals surface area contributed by atoms with Gasteiger partial charge in [-0.1, -0.05) is 12.1 Å². The summed E-state index contributed by atoms with van der Waals surface area (Å²) in [6.07, 6.45) is -1.62. The third kappa shape index (κ3) is 4.40. The Labute approximate surface area is 196 Å². The molecule has 0 amide bonds. The second kappa shape index (κ2) is 8.40. The van der Waals surface area contributed by atoms with Crippen molar-refractivity contribution in [3.63, 3.8) is 0 Å². The minimum atomic E-state index is -4.36. The number of piperidine rings is 1. The van der Waals surface area contributed by atoms with E-state index in [1.807, 2.05) is 0 Å². The summed E-state index contributed by atoms with van der Waals surface area (Å²) in [5.74, 6) is -1.78. The highest BCUT2D eigenvalue weighted by Gasteiger charge is 2.60. The number of fused-ring (bicyclic) bond motifs is 1. The SMILES string of the molecule is O=c1[nH]c(=O)n(CCCN2CC3C[C@]3(c3ccc(C(F)(F)F)cc3)C2)cc1-c1ccc(F)nc1F. The molecule has 3 aromatic rings. The van der Waals surface area contributed by atoms with E-state index in [4.69, 9.17) is 0 Å². The average Bonchev–Trinajstić information content (AvgIpc) is 3.36. The van der Waals surface area contributed by atoms with E-state index >= 15 is 0 Å². The molecule has 11 heteroatoms. The standard InChI is InChI=1S/C24H21F5N4O2/c25-19-7-6-17(20(26)30-19)18-12-33(22(35)31-21(18)34)9-1-8-32-11-16-10-23(16,13-32)14-2-4-15(5-3-14)24(27,28)29/h2-7,12,16H,1,8-11,13H2,(H,31,34,35)/t16?,23-/m1/s1. The lowest BCUT2D eigenvalue weighted by Crippen LogP contribution is -2.32. The maximum atomic E-state index is 14.0. The van der Waals surface area contributed by atoms with Gasteiger partial charge in [0.05, 0.1) is 11.1 Å². The number of nitrogens with one attached hydrogen (secondary N) is 1. The monoisotopic (exact) mass is 492 g/mol. The van der Waals surface area contributed by atoms with Gasteiger partial charge < -0.3 is 4.90 Å². The van der Waals surface area contributed by atoms with Crippen LogP contribution < -0.4 is 11.2 Å². The van der Waals surface area contributed by atoms with Gasteiger partial charge in [0.2, 0.25) is 11.9 Å². The van der Waals surface area contributed by atoms with Crippen molar-refractivity contribution in [3.8, 4) is 11.1 Å². The predicted octanol–water partition coefficient (Wildman–Crippen LogP) is 3.56. The number of hydrogen-bond donors (Lipinski definition) is 1. The third-order valence-electron chi connectivity index (χ3n) is 6.99. The Morgan fingerprint density at radius 3 is 2.46 bits per heavy atom. The summed E-state index contributed by atoms with van der Waals surface area (Å²) in [5, 5.41) is 0. The number of aryl methyl sites for hydroxylation is 1. The lowest BCUT2D eigenvalue weighted by atomic mass is 9.94. The van der Waals surface area contributed by atoms with Crippen LogP contribution >= 0.6 is 0 Å². The van der Waals surface area contributed by atoms with Crippen molar-refractivity contribution in [1.82, 2.24) is 19.4 Å². The number of rotatable bonds is 6. The highest BCUT2D eigenvalue weighted by molar-refractivity contribution is 5.60. The lowest BCUT2D eigenvalue weighted by molar-refractivity contribution is -0.137. The molecule has 1 unspecified atom stereocenters. The van der Waals surface area contributed by atoms with Crippen molar-refractivity contribution >= 4 is 0 Å². The van der Waals surface area contributed by atoms with E-state index in [1.165, 1.54) is 10.8 Å². The summed E-state index contributed by atoms with van der Waals surface area (Å²) in [6, 6.07) is 7.41. The van der Waals surface area contributed by atoms with Crippen LogP contribution in [0, 0.1) is 17.8 Å². The summed E-state index contributed by atoms with van der Waals surface area (Å²) in [7, 11) is 0. The first kappa shape index (κ1) is 23.4. The molecule has 1 aliphatic heterocycles. The number of aromatic amines is 1. The summed E-state index contributed by atoms with van der Waals surface area (Å²) in [5.41, 5.74) is -1.64. The molecular formula is C24H21F5N4O2. The number of H-pyrrole nitrogens is 1. The van der Waals surface area contributed by atoms with Crippen molar-refractivity contribution < 1.29 is 22.0 Å². The molecule has 2 atom stereocenters. The van der Waals surface area contributed by atoms with E-state index in [0.29, 0.717) is 18.9 Å². The molecule has 1 aromatic carbocycles. The number of halogens is 5. The Bertz CT molecular complexity index is 1380. The molecule has 1 aliphatic carbocycles. The van der Waals surface area contributed by atoms with Crippen LogP contribution in [0.15, 0.2) is 52.2 Å². The smallest absolute Gasteiger partial charge is 0.302 e. The van der Waals surface area contributed by atoms with Gasteiger partial charge in [-0.05, 0) is 55.1 Å². The lowest BCUT2D eigenvalue weighted by Gasteiger charge is -2.21. The molecule has 3 heterocycles. The van der Waals surface area contributed by atoms with Crippen molar-refractivity contribution in [2.75, 3.05) is 19.6 Å². The number of nitrogens with zero attached hydrogens (tertiary/aromatic N) is 3. The molecule has 2 fully saturated rings. The fourth-order valence-electron chi connectivity index (χ4n) is 5.14. The molecule has 2 aromatic heterocycles. The normalized spacial score (nSPS) is 21.8. The quantitative estimate of drug-likeness (QED) is 0.422. The Kier molecular flexibility index (Phi) is 5.62. The van der Waals surface area contributed by atoms with E-state index in [1.54, 1.807) is 12.1 Å². The first-order valence-corrected chi connectivity index (χ1v) is 11.1. The zero-order chi connectivity index (χ0) is 25.0. The van der Waals surface area contributed by atoms with Crippen molar-refractivity contribution in [1.29, 1.82) is 0 Å². The summed E-state index contributed by atoms with van der Waals surface area (Å²) in [6.45, 7) is 2.44. The highest BCUT2D eigenvalue weighted by atomic mass is 19.4. The van der Waals surface area contributed by atoms with Crippen LogP contribution in [0.5, 0.6) is 0 Å².